The van der Waals surface area contributed by atoms with Gasteiger partial charge >= 0.3 is 0 Å². The van der Waals surface area contributed by atoms with Crippen LogP contribution >= 0.6 is 0 Å². The minimum atomic E-state index is 0.650. The minimum absolute atomic E-state index is 0.650. The lowest BCUT2D eigenvalue weighted by molar-refractivity contribution is 0.322. The molecular formula is C19H24O4. The van der Waals surface area contributed by atoms with E-state index < -0.39 is 0 Å². The van der Waals surface area contributed by atoms with Crippen molar-refractivity contribution in [1.29, 1.82) is 0 Å². The van der Waals surface area contributed by atoms with Crippen LogP contribution in [0.25, 0.3) is 0 Å². The number of hydrogen-bond acceptors (Lipinski definition) is 4. The number of hydrogen-bond donors (Lipinski definition) is 0. The molecule has 0 fully saturated rings. The Morgan fingerprint density at radius 2 is 1.35 bits per heavy atom. The molecule has 23 heavy (non-hydrogen) atoms. The largest absolute Gasteiger partial charge is 0.497 e. The Kier molecular flexibility index (Phi) is 6.15. The van der Waals surface area contributed by atoms with Crippen LogP contribution < -0.4 is 18.9 Å². The minimum Gasteiger partial charge on any atom is -0.497 e. The maximum atomic E-state index is 5.52. The summed E-state index contributed by atoms with van der Waals surface area (Å²) in [6, 6.07) is 12.1. The van der Waals surface area contributed by atoms with Crippen molar-refractivity contribution in [2.45, 2.75) is 19.3 Å². The fraction of sp³-hybridized carbons (Fsp3) is 0.368. The monoisotopic (exact) mass is 316 g/mol. The number of ether oxygens (including phenoxy) is 4. The standard InChI is InChI=1S/C19H24O4/c1-20-16-11-8-14(9-12-16)6-5-7-15-10-13-17(21-2)19(23-4)18(15)22-3/h8-13H,5-7H2,1-4H3. The molecule has 0 amide bonds. The van der Waals surface area contributed by atoms with Crippen molar-refractivity contribution in [1.82, 2.24) is 0 Å². The highest BCUT2D eigenvalue weighted by molar-refractivity contribution is 5.55. The van der Waals surface area contributed by atoms with Crippen molar-refractivity contribution in [2.75, 3.05) is 28.4 Å². The molecule has 0 aliphatic heterocycles. The van der Waals surface area contributed by atoms with E-state index in [1.165, 1.54) is 5.56 Å². The van der Waals surface area contributed by atoms with Crippen LogP contribution in [-0.4, -0.2) is 28.4 Å². The van der Waals surface area contributed by atoms with Crippen LogP contribution in [0.15, 0.2) is 36.4 Å². The molecule has 0 N–H and O–H groups in total. The lowest BCUT2D eigenvalue weighted by Gasteiger charge is -2.15. The molecule has 2 rings (SSSR count). The topological polar surface area (TPSA) is 36.9 Å². The molecule has 124 valence electrons. The normalized spacial score (nSPS) is 10.3. The van der Waals surface area contributed by atoms with Crippen LogP contribution in [0.1, 0.15) is 17.5 Å². The summed E-state index contributed by atoms with van der Waals surface area (Å²) in [5.41, 5.74) is 2.42. The molecule has 0 unspecified atom stereocenters. The fourth-order valence-corrected chi connectivity index (χ4v) is 2.64. The number of aryl methyl sites for hydroxylation is 2. The first-order chi connectivity index (χ1) is 11.2. The van der Waals surface area contributed by atoms with Crippen LogP contribution in [0.4, 0.5) is 0 Å². The molecule has 0 saturated heterocycles. The van der Waals surface area contributed by atoms with Crippen LogP contribution in [0, 0.1) is 0 Å². The highest BCUT2D eigenvalue weighted by Crippen LogP contribution is 2.40. The predicted molar refractivity (Wildman–Crippen MR) is 91.1 cm³/mol. The van der Waals surface area contributed by atoms with E-state index in [2.05, 4.69) is 12.1 Å². The third-order valence-electron chi connectivity index (χ3n) is 3.86. The van der Waals surface area contributed by atoms with Gasteiger partial charge in [-0.25, -0.2) is 0 Å². The van der Waals surface area contributed by atoms with Crippen molar-refractivity contribution in [3.05, 3.63) is 47.5 Å². The summed E-state index contributed by atoms with van der Waals surface area (Å²) in [6.07, 6.45) is 2.94. The van der Waals surface area contributed by atoms with Crippen LogP contribution in [0.2, 0.25) is 0 Å². The average Bonchev–Trinajstić information content (AvgIpc) is 2.61. The lowest BCUT2D eigenvalue weighted by atomic mass is 10.0. The Morgan fingerprint density at radius 1 is 0.652 bits per heavy atom. The molecule has 4 heteroatoms. The van der Waals surface area contributed by atoms with E-state index in [0.717, 1.165) is 36.3 Å². The zero-order valence-corrected chi connectivity index (χ0v) is 14.2. The summed E-state index contributed by atoms with van der Waals surface area (Å²) in [5, 5.41) is 0. The van der Waals surface area contributed by atoms with Crippen molar-refractivity contribution in [2.24, 2.45) is 0 Å². The van der Waals surface area contributed by atoms with E-state index in [0.29, 0.717) is 11.5 Å². The van der Waals surface area contributed by atoms with Gasteiger partial charge in [0.05, 0.1) is 28.4 Å². The zero-order chi connectivity index (χ0) is 16.7. The first-order valence-electron chi connectivity index (χ1n) is 7.64. The van der Waals surface area contributed by atoms with E-state index in [9.17, 15) is 0 Å². The second-order valence-corrected chi connectivity index (χ2v) is 5.20. The molecule has 0 heterocycles. The Labute approximate surface area is 137 Å². The zero-order valence-electron chi connectivity index (χ0n) is 14.2. The second-order valence-electron chi connectivity index (χ2n) is 5.20. The van der Waals surface area contributed by atoms with Gasteiger partial charge in [0.15, 0.2) is 11.5 Å². The third kappa shape index (κ3) is 4.09. The van der Waals surface area contributed by atoms with Gasteiger partial charge in [0.2, 0.25) is 5.75 Å². The number of benzene rings is 2. The van der Waals surface area contributed by atoms with E-state index in [1.807, 2.05) is 24.3 Å². The SMILES string of the molecule is COc1ccc(CCCc2ccc(OC)c(OC)c2OC)cc1. The first kappa shape index (κ1) is 17.0. The molecule has 0 aliphatic rings. The molecule has 4 nitrogen and oxygen atoms in total. The van der Waals surface area contributed by atoms with E-state index in [4.69, 9.17) is 18.9 Å². The quantitative estimate of drug-likeness (QED) is 0.740. The molecule has 0 saturated carbocycles. The van der Waals surface area contributed by atoms with Crippen molar-refractivity contribution in [3.8, 4) is 23.0 Å². The van der Waals surface area contributed by atoms with Crippen LogP contribution in [0.3, 0.4) is 0 Å². The molecule has 0 aliphatic carbocycles. The Bertz CT molecular complexity index is 620. The summed E-state index contributed by atoms with van der Waals surface area (Å²) in [6.45, 7) is 0. The Balaban J connectivity index is 2.04. The lowest BCUT2D eigenvalue weighted by Crippen LogP contribution is -1.99. The van der Waals surface area contributed by atoms with Gasteiger partial charge in [-0.3, -0.25) is 0 Å². The number of methoxy groups -OCH3 is 4. The van der Waals surface area contributed by atoms with E-state index in [1.54, 1.807) is 28.4 Å². The second kappa shape index (κ2) is 8.32. The summed E-state index contributed by atoms with van der Waals surface area (Å²) >= 11 is 0. The maximum absolute atomic E-state index is 5.52. The maximum Gasteiger partial charge on any atom is 0.203 e. The highest BCUT2D eigenvalue weighted by Gasteiger charge is 2.15. The molecule has 0 spiro atoms. The Hall–Kier alpha value is -2.36. The third-order valence-corrected chi connectivity index (χ3v) is 3.86. The summed E-state index contributed by atoms with van der Waals surface area (Å²) in [4.78, 5) is 0. The fourth-order valence-electron chi connectivity index (χ4n) is 2.64. The molecule has 0 radical (unpaired) electrons. The first-order valence-corrected chi connectivity index (χ1v) is 7.64. The molecule has 2 aromatic rings. The molecular weight excluding hydrogens is 292 g/mol. The van der Waals surface area contributed by atoms with Gasteiger partial charge in [-0.15, -0.1) is 0 Å². The van der Waals surface area contributed by atoms with Crippen LogP contribution in [-0.2, 0) is 12.8 Å². The summed E-state index contributed by atoms with van der Waals surface area (Å²) in [7, 11) is 6.59. The van der Waals surface area contributed by atoms with Crippen molar-refractivity contribution < 1.29 is 18.9 Å². The van der Waals surface area contributed by atoms with Crippen molar-refractivity contribution >= 4 is 0 Å². The smallest absolute Gasteiger partial charge is 0.203 e. The summed E-state index contributed by atoms with van der Waals surface area (Å²) < 4.78 is 21.4. The van der Waals surface area contributed by atoms with Crippen LogP contribution in [0.5, 0.6) is 23.0 Å². The average molecular weight is 316 g/mol. The van der Waals surface area contributed by atoms with Gasteiger partial charge in [-0.05, 0) is 48.6 Å². The van der Waals surface area contributed by atoms with Gasteiger partial charge in [-0.1, -0.05) is 18.2 Å². The molecule has 0 aromatic heterocycles. The van der Waals surface area contributed by atoms with Gasteiger partial charge < -0.3 is 18.9 Å². The summed E-state index contributed by atoms with van der Waals surface area (Å²) in [5.74, 6) is 2.97. The molecule has 0 bridgehead atoms. The number of rotatable bonds is 8. The van der Waals surface area contributed by atoms with E-state index in [-0.39, 0.29) is 0 Å². The van der Waals surface area contributed by atoms with Gasteiger partial charge in [0.25, 0.3) is 0 Å². The van der Waals surface area contributed by atoms with Gasteiger partial charge in [-0.2, -0.15) is 0 Å². The molecule has 2 aromatic carbocycles. The van der Waals surface area contributed by atoms with Gasteiger partial charge in [0, 0.05) is 0 Å². The van der Waals surface area contributed by atoms with Gasteiger partial charge in [0.1, 0.15) is 5.75 Å². The highest BCUT2D eigenvalue weighted by atomic mass is 16.5. The predicted octanol–water partition coefficient (Wildman–Crippen LogP) is 3.90. The Morgan fingerprint density at radius 3 is 1.91 bits per heavy atom. The molecule has 0 atom stereocenters. The van der Waals surface area contributed by atoms with E-state index >= 15 is 0 Å². The van der Waals surface area contributed by atoms with Crippen molar-refractivity contribution in [3.63, 3.8) is 0 Å².